The molecule has 2 N–H and O–H groups in total. The second-order valence-corrected chi connectivity index (χ2v) is 9.29. The van der Waals surface area contributed by atoms with E-state index in [0.29, 0.717) is 36.3 Å². The lowest BCUT2D eigenvalue weighted by molar-refractivity contribution is 0.118. The van der Waals surface area contributed by atoms with Crippen molar-refractivity contribution in [3.8, 4) is 6.19 Å². The number of rotatable bonds is 3. The van der Waals surface area contributed by atoms with Crippen LogP contribution in [0.25, 0.3) is 10.9 Å². The smallest absolute Gasteiger partial charge is 0.321 e. The summed E-state index contributed by atoms with van der Waals surface area (Å²) in [7, 11) is 0. The number of fused-ring (bicyclic) bond motifs is 1. The van der Waals surface area contributed by atoms with Crippen LogP contribution in [0, 0.1) is 24.3 Å². The van der Waals surface area contributed by atoms with Crippen LogP contribution in [0.2, 0.25) is 5.02 Å². The van der Waals surface area contributed by atoms with Crippen molar-refractivity contribution in [3.05, 3.63) is 65.3 Å². The average Bonchev–Trinajstić information content (AvgIpc) is 2.84. The summed E-state index contributed by atoms with van der Waals surface area (Å²) in [5, 5.41) is 16.7. The number of carbonyl (C=O) groups excluding carboxylic acids is 1. The van der Waals surface area contributed by atoms with Gasteiger partial charge in [0.05, 0.1) is 17.2 Å². The maximum Gasteiger partial charge on any atom is 0.321 e. The third kappa shape index (κ3) is 5.64. The van der Waals surface area contributed by atoms with Gasteiger partial charge in [-0.25, -0.2) is 9.79 Å². The molecule has 1 aromatic heterocycles. The van der Waals surface area contributed by atoms with Crippen LogP contribution < -0.4 is 10.6 Å². The van der Waals surface area contributed by atoms with E-state index in [9.17, 15) is 10.1 Å². The summed E-state index contributed by atoms with van der Waals surface area (Å²) >= 11 is 5.95. The molecule has 1 saturated heterocycles. The molecule has 0 radical (unpaired) electrons. The van der Waals surface area contributed by atoms with Crippen LogP contribution in [0.5, 0.6) is 0 Å². The van der Waals surface area contributed by atoms with E-state index in [0.717, 1.165) is 22.3 Å². The van der Waals surface area contributed by atoms with E-state index >= 15 is 0 Å². The molecular weight excluding hydrogens is 462 g/mol. The monoisotopic (exact) mass is 489 g/mol. The van der Waals surface area contributed by atoms with E-state index in [1.807, 2.05) is 43.4 Å². The third-order valence-electron chi connectivity index (χ3n) is 6.09. The maximum absolute atomic E-state index is 12.9. The van der Waals surface area contributed by atoms with Crippen molar-refractivity contribution in [1.82, 2.24) is 20.1 Å². The Kier molecular flexibility index (Phi) is 7.37. The molecule has 0 bridgehead atoms. The molecule has 0 aliphatic carbocycles. The number of nitriles is 1. The zero-order valence-electron chi connectivity index (χ0n) is 20.0. The number of benzene rings is 2. The van der Waals surface area contributed by atoms with Crippen LogP contribution in [-0.4, -0.2) is 52.5 Å². The number of piperazine rings is 1. The number of aromatic nitrogens is 1. The number of carbonyl (C=O) groups is 1. The second-order valence-electron chi connectivity index (χ2n) is 8.86. The lowest BCUT2D eigenvalue weighted by Gasteiger charge is -2.44. The number of halogens is 1. The van der Waals surface area contributed by atoms with E-state index < -0.39 is 0 Å². The number of nitrogens with one attached hydrogen (secondary N) is 2. The number of anilines is 1. The Hall–Kier alpha value is -3.83. The standard InChI is InChI=1S/C26H28ClN7O/c1-17(2)24-15-33(26(35)31-20-10-8-19(27)9-11-20)13-14-34(24)25(29-16-28)32-23-6-4-5-22-21(23)12-7-18(3)30-22/h4-12,17,24H,13-15H2,1-3H3,(H,29,32)(H,31,35)/t24-/m1/s1. The van der Waals surface area contributed by atoms with E-state index in [-0.39, 0.29) is 18.0 Å². The molecule has 2 aromatic carbocycles. The number of aliphatic imine (C=N–C) groups is 1. The molecule has 8 nitrogen and oxygen atoms in total. The Morgan fingerprint density at radius 1 is 1.17 bits per heavy atom. The molecule has 1 fully saturated rings. The van der Waals surface area contributed by atoms with Gasteiger partial charge in [-0.1, -0.05) is 31.5 Å². The summed E-state index contributed by atoms with van der Waals surface area (Å²) in [6.07, 6.45) is 2.03. The largest absolute Gasteiger partial charge is 0.335 e. The highest BCUT2D eigenvalue weighted by Crippen LogP contribution is 2.27. The zero-order chi connectivity index (χ0) is 24.9. The number of urea groups is 1. The van der Waals surface area contributed by atoms with Crippen molar-refractivity contribution in [2.24, 2.45) is 10.9 Å². The Bertz CT molecular complexity index is 1280. The van der Waals surface area contributed by atoms with E-state index in [1.54, 1.807) is 29.2 Å². The van der Waals surface area contributed by atoms with E-state index in [4.69, 9.17) is 16.6 Å². The first-order chi connectivity index (χ1) is 16.9. The summed E-state index contributed by atoms with van der Waals surface area (Å²) in [6, 6.07) is 16.6. The topological polar surface area (TPSA) is 96.7 Å². The van der Waals surface area contributed by atoms with Gasteiger partial charge in [0.15, 0.2) is 6.19 Å². The quantitative estimate of drug-likeness (QED) is 0.230. The van der Waals surface area contributed by atoms with Gasteiger partial charge in [0.25, 0.3) is 0 Å². The molecule has 0 saturated carbocycles. The molecule has 1 aliphatic heterocycles. The highest BCUT2D eigenvalue weighted by Gasteiger charge is 2.33. The first-order valence-electron chi connectivity index (χ1n) is 11.5. The predicted octanol–water partition coefficient (Wildman–Crippen LogP) is 5.13. The highest BCUT2D eigenvalue weighted by molar-refractivity contribution is 6.30. The predicted molar refractivity (Wildman–Crippen MR) is 140 cm³/mol. The lowest BCUT2D eigenvalue weighted by atomic mass is 10.00. The van der Waals surface area contributed by atoms with Crippen molar-refractivity contribution < 1.29 is 4.79 Å². The summed E-state index contributed by atoms with van der Waals surface area (Å²) in [5.74, 6) is 0.681. The Labute approximate surface area is 210 Å². The molecule has 9 heteroatoms. The van der Waals surface area contributed by atoms with Gasteiger partial charge in [0, 0.05) is 41.4 Å². The highest BCUT2D eigenvalue weighted by atomic mass is 35.5. The molecule has 1 atom stereocenters. The summed E-state index contributed by atoms with van der Waals surface area (Å²) in [4.78, 5) is 26.3. The van der Waals surface area contributed by atoms with Crippen molar-refractivity contribution in [2.45, 2.75) is 26.8 Å². The molecule has 2 heterocycles. The number of hydrogen-bond donors (Lipinski definition) is 2. The van der Waals surface area contributed by atoms with Gasteiger partial charge in [-0.3, -0.25) is 10.3 Å². The molecule has 2 amide bonds. The number of guanidine groups is 1. The molecule has 0 spiro atoms. The van der Waals surface area contributed by atoms with Gasteiger partial charge >= 0.3 is 6.03 Å². The van der Waals surface area contributed by atoms with Gasteiger partial charge in [-0.15, -0.1) is 0 Å². The van der Waals surface area contributed by atoms with Crippen molar-refractivity contribution in [2.75, 3.05) is 25.0 Å². The van der Waals surface area contributed by atoms with E-state index in [1.165, 1.54) is 0 Å². The number of aryl methyl sites for hydroxylation is 1. The maximum atomic E-state index is 12.9. The molecule has 0 unspecified atom stereocenters. The molecule has 4 rings (SSSR count). The lowest BCUT2D eigenvalue weighted by Crippen LogP contribution is -2.60. The van der Waals surface area contributed by atoms with Gasteiger partial charge in [0.2, 0.25) is 5.96 Å². The zero-order valence-corrected chi connectivity index (χ0v) is 20.8. The molecular formula is C26H28ClN7O. The van der Waals surface area contributed by atoms with Crippen LogP contribution in [0.4, 0.5) is 16.2 Å². The molecule has 35 heavy (non-hydrogen) atoms. The van der Waals surface area contributed by atoms with Gasteiger partial charge in [0.1, 0.15) is 0 Å². The Morgan fingerprint density at radius 2 is 1.94 bits per heavy atom. The Balaban J connectivity index is 1.58. The normalized spacial score (nSPS) is 16.3. The minimum absolute atomic E-state index is 0.0327. The molecule has 1 aliphatic rings. The van der Waals surface area contributed by atoms with Crippen LogP contribution >= 0.6 is 11.6 Å². The summed E-state index contributed by atoms with van der Waals surface area (Å²) in [5.41, 5.74) is 3.21. The summed E-state index contributed by atoms with van der Waals surface area (Å²) in [6.45, 7) is 7.69. The summed E-state index contributed by atoms with van der Waals surface area (Å²) < 4.78 is 0. The van der Waals surface area contributed by atoms with Gasteiger partial charge in [-0.05, 0) is 61.4 Å². The van der Waals surface area contributed by atoms with Crippen molar-refractivity contribution in [1.29, 1.82) is 5.26 Å². The molecule has 180 valence electrons. The van der Waals surface area contributed by atoms with Crippen molar-refractivity contribution in [3.63, 3.8) is 0 Å². The van der Waals surface area contributed by atoms with Crippen LogP contribution in [0.3, 0.4) is 0 Å². The van der Waals surface area contributed by atoms with Gasteiger partial charge < -0.3 is 15.1 Å². The van der Waals surface area contributed by atoms with Gasteiger partial charge in [-0.2, -0.15) is 5.26 Å². The number of nitrogens with zero attached hydrogens (tertiary/aromatic N) is 5. The fourth-order valence-corrected chi connectivity index (χ4v) is 4.36. The van der Waals surface area contributed by atoms with E-state index in [2.05, 4.69) is 34.4 Å². The fourth-order valence-electron chi connectivity index (χ4n) is 4.23. The third-order valence-corrected chi connectivity index (χ3v) is 6.34. The first-order valence-corrected chi connectivity index (χ1v) is 11.9. The molecule has 3 aromatic rings. The number of pyridine rings is 1. The average molecular weight is 490 g/mol. The number of hydrogen-bond acceptors (Lipinski definition) is 4. The SMILES string of the molecule is Cc1ccc2c(N=C(NC#N)N3CCN(C(=O)Nc4ccc(Cl)cc4)C[C@@H]3C(C)C)cccc2n1. The first kappa shape index (κ1) is 24.3. The van der Waals surface area contributed by atoms with Crippen molar-refractivity contribution >= 4 is 45.9 Å². The minimum atomic E-state index is -0.167. The van der Waals surface area contributed by atoms with Crippen LogP contribution in [0.1, 0.15) is 19.5 Å². The minimum Gasteiger partial charge on any atom is -0.335 e. The van der Waals surface area contributed by atoms with Crippen LogP contribution in [-0.2, 0) is 0 Å². The number of amides is 2. The second kappa shape index (κ2) is 10.6. The Morgan fingerprint density at radius 3 is 2.66 bits per heavy atom. The van der Waals surface area contributed by atoms with Crippen LogP contribution in [0.15, 0.2) is 59.6 Å². The fraction of sp³-hybridized carbons (Fsp3) is 0.308.